The van der Waals surface area contributed by atoms with Crippen LogP contribution in [0.2, 0.25) is 0 Å². The summed E-state index contributed by atoms with van der Waals surface area (Å²) in [6.07, 6.45) is 0.779. The highest BCUT2D eigenvalue weighted by molar-refractivity contribution is 5.97. The van der Waals surface area contributed by atoms with Crippen molar-refractivity contribution in [2.45, 2.75) is 6.42 Å². The van der Waals surface area contributed by atoms with Crippen LogP contribution in [0.5, 0.6) is 0 Å². The van der Waals surface area contributed by atoms with Crippen LogP contribution >= 0.6 is 0 Å². The van der Waals surface area contributed by atoms with E-state index in [0.29, 0.717) is 17.8 Å². The molecule has 0 saturated heterocycles. The number of hydrogen-bond acceptors (Lipinski definition) is 2. The molecule has 0 aromatic heterocycles. The van der Waals surface area contributed by atoms with Crippen LogP contribution in [0, 0.1) is 0 Å². The van der Waals surface area contributed by atoms with Gasteiger partial charge in [-0.2, -0.15) is 0 Å². The SMILES string of the molecule is Nc1ccc2c(c1)C(=O)N(CCF)CC2. The van der Waals surface area contributed by atoms with Crippen LogP contribution < -0.4 is 5.73 Å². The number of halogens is 1. The van der Waals surface area contributed by atoms with Gasteiger partial charge in [0.25, 0.3) is 5.91 Å². The molecule has 0 aliphatic carbocycles. The number of anilines is 1. The van der Waals surface area contributed by atoms with E-state index in [1.807, 2.05) is 6.07 Å². The van der Waals surface area contributed by atoms with Gasteiger partial charge in [-0.25, -0.2) is 4.39 Å². The molecule has 2 N–H and O–H groups in total. The highest BCUT2D eigenvalue weighted by Crippen LogP contribution is 2.21. The molecule has 1 aliphatic rings. The molecule has 80 valence electrons. The van der Waals surface area contributed by atoms with Crippen LogP contribution in [0.3, 0.4) is 0 Å². The molecule has 1 heterocycles. The fourth-order valence-electron chi connectivity index (χ4n) is 1.85. The van der Waals surface area contributed by atoms with Gasteiger partial charge in [-0.05, 0) is 24.1 Å². The predicted octanol–water partition coefficient (Wildman–Crippen LogP) is 1.24. The molecule has 1 amide bonds. The zero-order valence-corrected chi connectivity index (χ0v) is 8.37. The number of amides is 1. The summed E-state index contributed by atoms with van der Waals surface area (Å²) < 4.78 is 12.2. The number of fused-ring (bicyclic) bond motifs is 1. The number of nitrogen functional groups attached to an aromatic ring is 1. The molecular weight excluding hydrogens is 195 g/mol. The summed E-state index contributed by atoms with van der Waals surface area (Å²) in [6.45, 7) is 0.274. The smallest absolute Gasteiger partial charge is 0.254 e. The van der Waals surface area contributed by atoms with Gasteiger partial charge in [0.05, 0.1) is 0 Å². The highest BCUT2D eigenvalue weighted by atomic mass is 19.1. The second-order valence-corrected chi connectivity index (χ2v) is 3.65. The molecule has 0 atom stereocenters. The van der Waals surface area contributed by atoms with Crippen LogP contribution in [0.1, 0.15) is 15.9 Å². The summed E-state index contributed by atoms with van der Waals surface area (Å²) >= 11 is 0. The minimum absolute atomic E-state index is 0.110. The molecule has 1 aromatic rings. The van der Waals surface area contributed by atoms with E-state index in [2.05, 4.69) is 0 Å². The number of hydrogen-bond donors (Lipinski definition) is 1. The summed E-state index contributed by atoms with van der Waals surface area (Å²) in [4.78, 5) is 13.4. The molecule has 4 heteroatoms. The molecule has 0 bridgehead atoms. The Hall–Kier alpha value is -1.58. The maximum Gasteiger partial charge on any atom is 0.254 e. The van der Waals surface area contributed by atoms with Crippen molar-refractivity contribution >= 4 is 11.6 Å². The molecule has 0 fully saturated rings. The highest BCUT2D eigenvalue weighted by Gasteiger charge is 2.23. The predicted molar refractivity (Wildman–Crippen MR) is 56.4 cm³/mol. The Morgan fingerprint density at radius 1 is 1.47 bits per heavy atom. The number of nitrogens with zero attached hydrogens (tertiary/aromatic N) is 1. The molecule has 1 aliphatic heterocycles. The fraction of sp³-hybridized carbons (Fsp3) is 0.364. The van der Waals surface area contributed by atoms with E-state index in [4.69, 9.17) is 5.73 Å². The number of rotatable bonds is 2. The van der Waals surface area contributed by atoms with Crippen molar-refractivity contribution in [2.75, 3.05) is 25.5 Å². The second kappa shape index (κ2) is 3.88. The maximum absolute atomic E-state index is 12.2. The second-order valence-electron chi connectivity index (χ2n) is 3.65. The van der Waals surface area contributed by atoms with E-state index in [0.717, 1.165) is 12.0 Å². The van der Waals surface area contributed by atoms with Crippen molar-refractivity contribution in [3.8, 4) is 0 Å². The van der Waals surface area contributed by atoms with Crippen molar-refractivity contribution in [3.05, 3.63) is 29.3 Å². The Bertz CT molecular complexity index is 392. The number of carbonyl (C=O) groups is 1. The largest absolute Gasteiger partial charge is 0.399 e. The van der Waals surface area contributed by atoms with E-state index >= 15 is 0 Å². The van der Waals surface area contributed by atoms with E-state index in [1.54, 1.807) is 12.1 Å². The van der Waals surface area contributed by atoms with Crippen LogP contribution in [-0.2, 0) is 6.42 Å². The third-order valence-electron chi connectivity index (χ3n) is 2.66. The lowest BCUT2D eigenvalue weighted by atomic mass is 9.98. The van der Waals surface area contributed by atoms with Gasteiger partial charge in [0.2, 0.25) is 0 Å². The normalized spacial score (nSPS) is 15.3. The van der Waals surface area contributed by atoms with Crippen molar-refractivity contribution < 1.29 is 9.18 Å². The number of nitrogens with two attached hydrogens (primary N) is 1. The number of benzene rings is 1. The van der Waals surface area contributed by atoms with Crippen molar-refractivity contribution in [1.82, 2.24) is 4.90 Å². The van der Waals surface area contributed by atoms with E-state index in [9.17, 15) is 9.18 Å². The topological polar surface area (TPSA) is 46.3 Å². The summed E-state index contributed by atoms with van der Waals surface area (Å²) in [5, 5.41) is 0. The van der Waals surface area contributed by atoms with E-state index in [-0.39, 0.29) is 12.5 Å². The van der Waals surface area contributed by atoms with Gasteiger partial charge in [-0.3, -0.25) is 4.79 Å². The van der Waals surface area contributed by atoms with Crippen molar-refractivity contribution in [3.63, 3.8) is 0 Å². The fourth-order valence-corrected chi connectivity index (χ4v) is 1.85. The quantitative estimate of drug-likeness (QED) is 0.743. The zero-order valence-electron chi connectivity index (χ0n) is 8.37. The van der Waals surface area contributed by atoms with Crippen LogP contribution in [0.25, 0.3) is 0 Å². The van der Waals surface area contributed by atoms with Crippen molar-refractivity contribution in [2.24, 2.45) is 0 Å². The summed E-state index contributed by atoms with van der Waals surface area (Å²) in [7, 11) is 0. The lowest BCUT2D eigenvalue weighted by molar-refractivity contribution is 0.0729. The van der Waals surface area contributed by atoms with Gasteiger partial charge >= 0.3 is 0 Å². The van der Waals surface area contributed by atoms with Crippen LogP contribution in [0.15, 0.2) is 18.2 Å². The maximum atomic E-state index is 12.2. The standard InChI is InChI=1S/C11H13FN2O/c12-4-6-14-5-3-8-1-2-9(13)7-10(8)11(14)15/h1-2,7H,3-6,13H2. The van der Waals surface area contributed by atoms with E-state index in [1.165, 1.54) is 4.90 Å². The molecule has 0 saturated carbocycles. The van der Waals surface area contributed by atoms with Gasteiger partial charge < -0.3 is 10.6 Å². The average Bonchev–Trinajstić information content (AvgIpc) is 2.23. The molecular formula is C11H13FN2O. The lowest BCUT2D eigenvalue weighted by Gasteiger charge is -2.27. The Morgan fingerprint density at radius 3 is 3.00 bits per heavy atom. The van der Waals surface area contributed by atoms with Crippen LogP contribution in [0.4, 0.5) is 10.1 Å². The van der Waals surface area contributed by atoms with Gasteiger partial charge in [-0.15, -0.1) is 0 Å². The summed E-state index contributed by atoms with van der Waals surface area (Å²) in [6, 6.07) is 5.33. The minimum Gasteiger partial charge on any atom is -0.399 e. The summed E-state index contributed by atoms with van der Waals surface area (Å²) in [5.41, 5.74) is 7.82. The first-order chi connectivity index (χ1) is 7.22. The zero-order chi connectivity index (χ0) is 10.8. The number of alkyl halides is 1. The van der Waals surface area contributed by atoms with Gasteiger partial charge in [-0.1, -0.05) is 6.07 Å². The Labute approximate surface area is 87.7 Å². The minimum atomic E-state index is -0.497. The molecule has 1 aromatic carbocycles. The van der Waals surface area contributed by atoms with Crippen molar-refractivity contribution in [1.29, 1.82) is 0 Å². The number of carbonyl (C=O) groups excluding carboxylic acids is 1. The average molecular weight is 208 g/mol. The monoisotopic (exact) mass is 208 g/mol. The Balaban J connectivity index is 2.32. The summed E-state index contributed by atoms with van der Waals surface area (Å²) in [5.74, 6) is -0.110. The molecule has 0 spiro atoms. The Morgan fingerprint density at radius 2 is 2.27 bits per heavy atom. The third kappa shape index (κ3) is 1.79. The van der Waals surface area contributed by atoms with Gasteiger partial charge in [0.15, 0.2) is 0 Å². The first-order valence-electron chi connectivity index (χ1n) is 4.96. The Kier molecular flexibility index (Phi) is 2.58. The van der Waals surface area contributed by atoms with E-state index < -0.39 is 6.67 Å². The molecule has 0 radical (unpaired) electrons. The first-order valence-corrected chi connectivity index (χ1v) is 4.96. The molecule has 3 nitrogen and oxygen atoms in total. The van der Waals surface area contributed by atoms with Gasteiger partial charge in [0, 0.05) is 24.3 Å². The van der Waals surface area contributed by atoms with Crippen LogP contribution in [-0.4, -0.2) is 30.6 Å². The molecule has 2 rings (SSSR count). The molecule has 0 unspecified atom stereocenters. The lowest BCUT2D eigenvalue weighted by Crippen LogP contribution is -2.38. The third-order valence-corrected chi connectivity index (χ3v) is 2.66. The molecule has 15 heavy (non-hydrogen) atoms. The first kappa shape index (κ1) is 9.96. The van der Waals surface area contributed by atoms with Gasteiger partial charge in [0.1, 0.15) is 6.67 Å².